The predicted molar refractivity (Wildman–Crippen MR) is 111 cm³/mol. The van der Waals surface area contributed by atoms with Crippen molar-refractivity contribution in [2.45, 2.75) is 13.3 Å². The highest BCUT2D eigenvalue weighted by Gasteiger charge is 2.30. The number of pyridine rings is 2. The molecule has 0 amide bonds. The molecule has 0 atom stereocenters. The van der Waals surface area contributed by atoms with Crippen LogP contribution in [0.4, 0.5) is 5.13 Å². The van der Waals surface area contributed by atoms with Crippen molar-refractivity contribution in [1.29, 1.82) is 0 Å². The Bertz CT molecular complexity index is 1070. The van der Waals surface area contributed by atoms with E-state index in [9.17, 15) is 0 Å². The van der Waals surface area contributed by atoms with Crippen LogP contribution in [0.2, 0.25) is 0 Å². The molecule has 27 heavy (non-hydrogen) atoms. The Morgan fingerprint density at radius 2 is 1.93 bits per heavy atom. The van der Waals surface area contributed by atoms with E-state index in [1.807, 2.05) is 24.7 Å². The number of aromatic nitrogens is 3. The number of hydrogen-bond acceptors (Lipinski definition) is 5. The molecule has 3 aromatic heterocycles. The highest BCUT2D eigenvalue weighted by Crippen LogP contribution is 2.35. The van der Waals surface area contributed by atoms with Crippen LogP contribution in [0.15, 0.2) is 61.1 Å². The lowest BCUT2D eigenvalue weighted by atomic mass is 9.91. The summed E-state index contributed by atoms with van der Waals surface area (Å²) in [4.78, 5) is 16.1. The lowest BCUT2D eigenvalue weighted by Crippen LogP contribution is -2.47. The molecule has 1 aliphatic heterocycles. The molecule has 4 nitrogen and oxygen atoms in total. The molecular formula is C22H20N4S. The predicted octanol–water partition coefficient (Wildman–Crippen LogP) is 4.74. The first-order chi connectivity index (χ1) is 13.3. The Morgan fingerprint density at radius 1 is 1.04 bits per heavy atom. The Morgan fingerprint density at radius 3 is 2.78 bits per heavy atom. The Balaban J connectivity index is 1.32. The third kappa shape index (κ3) is 3.08. The van der Waals surface area contributed by atoms with Crippen LogP contribution in [0.1, 0.15) is 11.3 Å². The smallest absolute Gasteiger partial charge is 0.186 e. The van der Waals surface area contributed by atoms with Gasteiger partial charge in [0, 0.05) is 42.9 Å². The van der Waals surface area contributed by atoms with Crippen LogP contribution < -0.4 is 4.90 Å². The zero-order valence-electron chi connectivity index (χ0n) is 15.2. The molecule has 0 spiro atoms. The summed E-state index contributed by atoms with van der Waals surface area (Å²) in [5.74, 6) is 0.618. The van der Waals surface area contributed by atoms with Crippen molar-refractivity contribution in [2.75, 3.05) is 18.0 Å². The fraction of sp³-hybridized carbons (Fsp3) is 0.227. The second kappa shape index (κ2) is 6.74. The van der Waals surface area contributed by atoms with Crippen LogP contribution in [0.3, 0.4) is 0 Å². The number of nitrogens with zero attached hydrogens (tertiary/aromatic N) is 4. The van der Waals surface area contributed by atoms with E-state index < -0.39 is 0 Å². The maximum absolute atomic E-state index is 4.77. The topological polar surface area (TPSA) is 41.9 Å². The minimum absolute atomic E-state index is 0.618. The van der Waals surface area contributed by atoms with Gasteiger partial charge in [0.15, 0.2) is 5.13 Å². The van der Waals surface area contributed by atoms with Crippen LogP contribution in [0, 0.1) is 12.8 Å². The van der Waals surface area contributed by atoms with Crippen molar-refractivity contribution in [2.24, 2.45) is 5.92 Å². The van der Waals surface area contributed by atoms with Gasteiger partial charge >= 0.3 is 0 Å². The Labute approximate surface area is 162 Å². The van der Waals surface area contributed by atoms with Crippen LogP contribution in [0.5, 0.6) is 0 Å². The van der Waals surface area contributed by atoms with Gasteiger partial charge in [-0.25, -0.2) is 4.98 Å². The maximum Gasteiger partial charge on any atom is 0.186 e. The summed E-state index contributed by atoms with van der Waals surface area (Å²) < 4.78 is 1.26. The first kappa shape index (κ1) is 16.4. The first-order valence-corrected chi connectivity index (χ1v) is 10.0. The minimum Gasteiger partial charge on any atom is -0.347 e. The molecule has 0 saturated carbocycles. The third-order valence-corrected chi connectivity index (χ3v) is 6.29. The molecule has 0 N–H and O–H groups in total. The zero-order valence-corrected chi connectivity index (χ0v) is 16.0. The number of aryl methyl sites for hydroxylation is 1. The van der Waals surface area contributed by atoms with Crippen LogP contribution in [-0.2, 0) is 6.42 Å². The number of hydrogen-bond donors (Lipinski definition) is 0. The van der Waals surface area contributed by atoms with Gasteiger partial charge in [0.05, 0.1) is 10.2 Å². The number of para-hydroxylation sites is 1. The van der Waals surface area contributed by atoms with Gasteiger partial charge in [-0.1, -0.05) is 29.5 Å². The van der Waals surface area contributed by atoms with Crippen molar-refractivity contribution in [1.82, 2.24) is 15.0 Å². The van der Waals surface area contributed by atoms with E-state index in [0.717, 1.165) is 30.2 Å². The largest absolute Gasteiger partial charge is 0.347 e. The highest BCUT2D eigenvalue weighted by atomic mass is 32.1. The summed E-state index contributed by atoms with van der Waals surface area (Å²) in [5.41, 5.74) is 5.93. The number of fused-ring (bicyclic) bond motifs is 1. The molecule has 1 aromatic carbocycles. The number of thiazole rings is 1. The number of anilines is 1. The Hall–Kier alpha value is -2.79. The van der Waals surface area contributed by atoms with Crippen molar-refractivity contribution >= 4 is 26.7 Å². The van der Waals surface area contributed by atoms with E-state index >= 15 is 0 Å². The lowest BCUT2D eigenvalue weighted by molar-refractivity contribution is 0.405. The molecule has 5 rings (SSSR count). The third-order valence-electron chi connectivity index (χ3n) is 5.19. The molecular weight excluding hydrogens is 352 g/mol. The second-order valence-corrected chi connectivity index (χ2v) is 8.14. The van der Waals surface area contributed by atoms with E-state index in [1.54, 1.807) is 11.3 Å². The van der Waals surface area contributed by atoms with E-state index in [0.29, 0.717) is 5.92 Å². The van der Waals surface area contributed by atoms with Gasteiger partial charge in [0.1, 0.15) is 0 Å². The van der Waals surface area contributed by atoms with Gasteiger partial charge in [-0.05, 0) is 54.7 Å². The standard InChI is InChI=1S/C22H20N4S/c1-15-12-23-10-8-17(15)18-5-4-9-24-20(18)11-16-13-26(14-16)22-25-19-6-2-3-7-21(19)27-22/h2-10,12,16H,11,13-14H2,1H3. The van der Waals surface area contributed by atoms with E-state index in [-0.39, 0.29) is 0 Å². The Kier molecular flexibility index (Phi) is 4.09. The molecule has 0 bridgehead atoms. The number of benzene rings is 1. The van der Waals surface area contributed by atoms with Crippen molar-refractivity contribution in [3.8, 4) is 11.1 Å². The van der Waals surface area contributed by atoms with Gasteiger partial charge in [0.2, 0.25) is 0 Å². The van der Waals surface area contributed by atoms with Gasteiger partial charge in [0.25, 0.3) is 0 Å². The molecule has 4 heterocycles. The molecule has 5 heteroatoms. The summed E-state index contributed by atoms with van der Waals surface area (Å²) in [7, 11) is 0. The van der Waals surface area contributed by atoms with Crippen LogP contribution in [0.25, 0.3) is 21.3 Å². The lowest BCUT2D eigenvalue weighted by Gasteiger charge is -2.39. The van der Waals surface area contributed by atoms with Gasteiger partial charge in [-0.2, -0.15) is 0 Å². The molecule has 0 radical (unpaired) electrons. The summed E-state index contributed by atoms with van der Waals surface area (Å²) in [6.45, 7) is 4.20. The molecule has 0 unspecified atom stereocenters. The van der Waals surface area contributed by atoms with Gasteiger partial charge < -0.3 is 4.90 Å². The average Bonchev–Trinajstić information content (AvgIpc) is 3.08. The van der Waals surface area contributed by atoms with Crippen LogP contribution in [-0.4, -0.2) is 28.0 Å². The second-order valence-electron chi connectivity index (χ2n) is 7.13. The first-order valence-electron chi connectivity index (χ1n) is 9.23. The summed E-state index contributed by atoms with van der Waals surface area (Å²) in [6.07, 6.45) is 6.68. The van der Waals surface area contributed by atoms with Gasteiger partial charge in [-0.15, -0.1) is 0 Å². The molecule has 4 aromatic rings. The molecule has 1 fully saturated rings. The normalized spacial score (nSPS) is 14.5. The van der Waals surface area contributed by atoms with Gasteiger partial charge in [-0.3, -0.25) is 9.97 Å². The number of rotatable bonds is 4. The van der Waals surface area contributed by atoms with E-state index in [4.69, 9.17) is 9.97 Å². The highest BCUT2D eigenvalue weighted by molar-refractivity contribution is 7.22. The fourth-order valence-electron chi connectivity index (χ4n) is 3.75. The van der Waals surface area contributed by atoms with E-state index in [2.05, 4.69) is 53.2 Å². The van der Waals surface area contributed by atoms with Crippen molar-refractivity contribution < 1.29 is 0 Å². The zero-order chi connectivity index (χ0) is 18.2. The minimum atomic E-state index is 0.618. The molecule has 0 aliphatic carbocycles. The SMILES string of the molecule is Cc1cnccc1-c1cccnc1CC1CN(c2nc3ccccc3s2)C1. The monoisotopic (exact) mass is 372 g/mol. The summed E-state index contributed by atoms with van der Waals surface area (Å²) in [5, 5.41) is 1.14. The molecule has 1 aliphatic rings. The average molecular weight is 372 g/mol. The van der Waals surface area contributed by atoms with Crippen LogP contribution >= 0.6 is 11.3 Å². The summed E-state index contributed by atoms with van der Waals surface area (Å²) >= 11 is 1.78. The fourth-order valence-corrected chi connectivity index (χ4v) is 4.73. The van der Waals surface area contributed by atoms with Crippen molar-refractivity contribution in [3.05, 3.63) is 72.3 Å². The summed E-state index contributed by atoms with van der Waals surface area (Å²) in [6, 6.07) is 14.6. The quantitative estimate of drug-likeness (QED) is 0.519. The van der Waals surface area contributed by atoms with E-state index in [1.165, 1.54) is 27.1 Å². The molecule has 134 valence electrons. The maximum atomic E-state index is 4.77. The van der Waals surface area contributed by atoms with Crippen molar-refractivity contribution in [3.63, 3.8) is 0 Å². The molecule has 1 saturated heterocycles.